The molecule has 1 aromatic carbocycles. The second-order valence-electron chi connectivity index (χ2n) is 4.41. The van der Waals surface area contributed by atoms with E-state index in [1.807, 2.05) is 30.3 Å². The van der Waals surface area contributed by atoms with Gasteiger partial charge in [0.2, 0.25) is 0 Å². The van der Waals surface area contributed by atoms with Gasteiger partial charge < -0.3 is 13.9 Å². The zero-order valence-corrected chi connectivity index (χ0v) is 12.2. The van der Waals surface area contributed by atoms with Crippen LogP contribution in [0.15, 0.2) is 78.2 Å². The molecule has 0 bridgehead atoms. The number of rotatable bonds is 4. The van der Waals surface area contributed by atoms with E-state index in [-0.39, 0.29) is 16.4 Å². The lowest BCUT2D eigenvalue weighted by atomic mass is 10.3. The zero-order valence-electron chi connectivity index (χ0n) is 11.4. The summed E-state index contributed by atoms with van der Waals surface area (Å²) in [4.78, 5) is 13.0. The van der Waals surface area contributed by atoms with E-state index in [2.05, 4.69) is 0 Å². The molecule has 0 atom stereocenters. The lowest BCUT2D eigenvalue weighted by molar-refractivity contribution is 0.421. The normalized spacial score (nSPS) is 11.1. The highest BCUT2D eigenvalue weighted by Gasteiger charge is 2.11. The quantitative estimate of drug-likeness (QED) is 0.780. The van der Waals surface area contributed by atoms with Gasteiger partial charge in [-0.25, -0.2) is 4.79 Å². The van der Waals surface area contributed by atoms with Crippen LogP contribution in [0.3, 0.4) is 0 Å². The molecule has 22 heavy (non-hydrogen) atoms. The topological polar surface area (TPSA) is 63.6 Å². The average Bonchev–Trinajstić information content (AvgIpc) is 3.03. The van der Waals surface area contributed by atoms with E-state index < -0.39 is 5.63 Å². The van der Waals surface area contributed by atoms with Crippen LogP contribution in [0, 0.1) is 0 Å². The first-order valence-electron chi connectivity index (χ1n) is 6.54. The van der Waals surface area contributed by atoms with Crippen molar-refractivity contribution < 1.29 is 13.9 Å². The lowest BCUT2D eigenvalue weighted by Gasteiger charge is -2.03. The second kappa shape index (κ2) is 6.41. The van der Waals surface area contributed by atoms with Gasteiger partial charge in [-0.3, -0.25) is 0 Å². The van der Waals surface area contributed by atoms with Crippen LogP contribution in [0.4, 0.5) is 0 Å². The minimum atomic E-state index is -0.576. The summed E-state index contributed by atoms with van der Waals surface area (Å²) < 4.78 is 10.3. The van der Waals surface area contributed by atoms with Crippen LogP contribution in [0.1, 0.15) is 11.5 Å². The largest absolute Gasteiger partial charge is 0.506 e. The third kappa shape index (κ3) is 3.32. The molecular weight excluding hydrogens is 300 g/mol. The van der Waals surface area contributed by atoms with Crippen molar-refractivity contribution in [3.05, 3.63) is 76.7 Å². The summed E-state index contributed by atoms with van der Waals surface area (Å²) in [5.74, 6) is 0.783. The smallest absolute Gasteiger partial charge is 0.354 e. The number of hydrogen-bond acceptors (Lipinski definition) is 5. The molecule has 0 fully saturated rings. The predicted octanol–water partition coefficient (Wildman–Crippen LogP) is 4.26. The van der Waals surface area contributed by atoms with E-state index in [9.17, 15) is 9.90 Å². The molecule has 2 heterocycles. The van der Waals surface area contributed by atoms with E-state index in [0.29, 0.717) is 5.76 Å². The van der Waals surface area contributed by atoms with Crippen LogP contribution in [0.25, 0.3) is 12.2 Å². The van der Waals surface area contributed by atoms with Crippen molar-refractivity contribution in [1.29, 1.82) is 0 Å². The maximum Gasteiger partial charge on any atom is 0.354 e. The number of aromatic hydroxyl groups is 1. The van der Waals surface area contributed by atoms with Gasteiger partial charge in [-0.1, -0.05) is 30.0 Å². The van der Waals surface area contributed by atoms with Crippen molar-refractivity contribution in [3.8, 4) is 5.75 Å². The monoisotopic (exact) mass is 312 g/mol. The molecule has 0 saturated carbocycles. The third-order valence-corrected chi connectivity index (χ3v) is 3.91. The number of furan rings is 1. The van der Waals surface area contributed by atoms with Crippen LogP contribution >= 0.6 is 11.8 Å². The van der Waals surface area contributed by atoms with Crippen molar-refractivity contribution in [2.45, 2.75) is 9.79 Å². The molecular formula is C17H12O4S. The number of hydrogen-bond donors (Lipinski definition) is 1. The molecule has 1 N–H and O–H groups in total. The summed E-state index contributed by atoms with van der Waals surface area (Å²) in [6, 6.07) is 14.3. The highest BCUT2D eigenvalue weighted by Crippen LogP contribution is 2.32. The van der Waals surface area contributed by atoms with E-state index in [4.69, 9.17) is 8.83 Å². The van der Waals surface area contributed by atoms with Gasteiger partial charge in [0.15, 0.2) is 0 Å². The van der Waals surface area contributed by atoms with E-state index >= 15 is 0 Å². The predicted molar refractivity (Wildman–Crippen MR) is 84.8 cm³/mol. The maximum atomic E-state index is 12.0. The van der Waals surface area contributed by atoms with E-state index in [1.165, 1.54) is 17.8 Å². The minimum Gasteiger partial charge on any atom is -0.506 e. The molecule has 2 aromatic heterocycles. The standard InChI is InChI=1S/C17H12O4S/c18-15-11-13(9-8-12-5-4-10-20-12)21-17(19)16(15)22-14-6-2-1-3-7-14/h1-11,18H. The Morgan fingerprint density at radius 1 is 1.00 bits per heavy atom. The molecule has 3 aromatic rings. The van der Waals surface area contributed by atoms with E-state index in [0.717, 1.165) is 4.90 Å². The summed E-state index contributed by atoms with van der Waals surface area (Å²) in [5, 5.41) is 10.1. The van der Waals surface area contributed by atoms with Gasteiger partial charge in [-0.2, -0.15) is 0 Å². The molecule has 5 heteroatoms. The van der Waals surface area contributed by atoms with Gasteiger partial charge in [0, 0.05) is 11.0 Å². The maximum absolute atomic E-state index is 12.0. The Morgan fingerprint density at radius 3 is 2.45 bits per heavy atom. The Morgan fingerprint density at radius 2 is 1.77 bits per heavy atom. The van der Waals surface area contributed by atoms with Gasteiger partial charge in [0.25, 0.3) is 0 Å². The van der Waals surface area contributed by atoms with Crippen molar-refractivity contribution >= 4 is 23.9 Å². The average molecular weight is 312 g/mol. The Kier molecular flexibility index (Phi) is 4.16. The van der Waals surface area contributed by atoms with Gasteiger partial charge >= 0.3 is 5.63 Å². The summed E-state index contributed by atoms with van der Waals surface area (Å²) in [7, 11) is 0. The molecule has 0 unspecified atom stereocenters. The first kappa shape index (κ1) is 14.3. The Labute approximate surface area is 130 Å². The van der Waals surface area contributed by atoms with Gasteiger partial charge in [-0.15, -0.1) is 0 Å². The Balaban J connectivity index is 1.87. The van der Waals surface area contributed by atoms with Crippen molar-refractivity contribution in [2.24, 2.45) is 0 Å². The fraction of sp³-hybridized carbons (Fsp3) is 0. The number of benzene rings is 1. The lowest BCUT2D eigenvalue weighted by Crippen LogP contribution is -2.02. The molecule has 0 aliphatic heterocycles. The summed E-state index contributed by atoms with van der Waals surface area (Å²) in [5.41, 5.74) is -0.576. The van der Waals surface area contributed by atoms with Crippen LogP contribution in [0.5, 0.6) is 5.75 Å². The van der Waals surface area contributed by atoms with Gasteiger partial charge in [0.05, 0.1) is 6.26 Å². The van der Waals surface area contributed by atoms with Crippen LogP contribution < -0.4 is 5.63 Å². The third-order valence-electron chi connectivity index (χ3n) is 2.83. The van der Waals surface area contributed by atoms with E-state index in [1.54, 1.807) is 30.5 Å². The van der Waals surface area contributed by atoms with Crippen LogP contribution in [-0.2, 0) is 0 Å². The van der Waals surface area contributed by atoms with Crippen LogP contribution in [-0.4, -0.2) is 5.11 Å². The van der Waals surface area contributed by atoms with Gasteiger partial charge in [-0.05, 0) is 36.4 Å². The fourth-order valence-electron chi connectivity index (χ4n) is 1.82. The summed E-state index contributed by atoms with van der Waals surface area (Å²) in [6.07, 6.45) is 4.77. The van der Waals surface area contributed by atoms with Gasteiger partial charge in [0.1, 0.15) is 22.2 Å². The molecule has 0 radical (unpaired) electrons. The fourth-order valence-corrected chi connectivity index (χ4v) is 2.64. The highest BCUT2D eigenvalue weighted by molar-refractivity contribution is 7.99. The minimum absolute atomic E-state index is 0.107. The zero-order chi connectivity index (χ0) is 15.4. The molecule has 110 valence electrons. The first-order valence-corrected chi connectivity index (χ1v) is 7.35. The van der Waals surface area contributed by atoms with Crippen molar-refractivity contribution in [1.82, 2.24) is 0 Å². The first-order chi connectivity index (χ1) is 10.7. The molecule has 0 aliphatic carbocycles. The van der Waals surface area contributed by atoms with Crippen molar-refractivity contribution in [2.75, 3.05) is 0 Å². The molecule has 0 amide bonds. The molecule has 4 nitrogen and oxygen atoms in total. The summed E-state index contributed by atoms with van der Waals surface area (Å²) in [6.45, 7) is 0. The highest BCUT2D eigenvalue weighted by atomic mass is 32.2. The Bertz CT molecular complexity index is 833. The Hall–Kier alpha value is -2.66. The molecule has 0 saturated heterocycles. The molecule has 0 aliphatic rings. The summed E-state index contributed by atoms with van der Waals surface area (Å²) >= 11 is 1.17. The van der Waals surface area contributed by atoms with Crippen LogP contribution in [0.2, 0.25) is 0 Å². The SMILES string of the molecule is O=c1oc(C=Cc2ccco2)cc(O)c1Sc1ccccc1. The second-order valence-corrected chi connectivity index (χ2v) is 5.50. The molecule has 0 spiro atoms. The van der Waals surface area contributed by atoms with Crippen molar-refractivity contribution in [3.63, 3.8) is 0 Å². The molecule has 3 rings (SSSR count).